The molecule has 0 aliphatic heterocycles. The molecule has 0 aliphatic carbocycles. The molecular formula is C11H7F3O2. The van der Waals surface area contributed by atoms with Crippen molar-refractivity contribution in [3.63, 3.8) is 0 Å². The number of carbonyl (C=O) groups is 1. The van der Waals surface area contributed by atoms with Crippen molar-refractivity contribution in [2.75, 3.05) is 6.61 Å². The van der Waals surface area contributed by atoms with Crippen LogP contribution in [-0.2, 0) is 4.74 Å². The maximum atomic E-state index is 13.0. The predicted molar refractivity (Wildman–Crippen MR) is 50.0 cm³/mol. The summed E-state index contributed by atoms with van der Waals surface area (Å²) >= 11 is 0. The summed E-state index contributed by atoms with van der Waals surface area (Å²) in [6.07, 6.45) is 5.03. The quantitative estimate of drug-likeness (QED) is 0.450. The van der Waals surface area contributed by atoms with Crippen LogP contribution >= 0.6 is 0 Å². The third-order valence-electron chi connectivity index (χ3n) is 1.69. The molecule has 0 aliphatic rings. The SMILES string of the molecule is C#CCCOC(=O)c1c(F)cc(F)cc1F. The molecule has 0 aromatic heterocycles. The highest BCUT2D eigenvalue weighted by atomic mass is 19.1. The third kappa shape index (κ3) is 2.76. The van der Waals surface area contributed by atoms with Crippen LogP contribution in [0.2, 0.25) is 0 Å². The van der Waals surface area contributed by atoms with Crippen LogP contribution in [0.1, 0.15) is 16.8 Å². The largest absolute Gasteiger partial charge is 0.461 e. The van der Waals surface area contributed by atoms with Crippen LogP contribution in [0, 0.1) is 29.8 Å². The Bertz CT molecular complexity index is 426. The van der Waals surface area contributed by atoms with Crippen LogP contribution in [0.25, 0.3) is 0 Å². The van der Waals surface area contributed by atoms with Crippen molar-refractivity contribution < 1.29 is 22.7 Å². The van der Waals surface area contributed by atoms with Crippen LogP contribution < -0.4 is 0 Å². The van der Waals surface area contributed by atoms with E-state index in [1.165, 1.54) is 0 Å². The Morgan fingerprint density at radius 1 is 1.31 bits per heavy atom. The minimum absolute atomic E-state index is 0.135. The standard InChI is InChI=1S/C11H7F3O2/c1-2-3-4-16-11(15)10-8(13)5-7(12)6-9(10)14/h1,5-6H,3-4H2. The number of rotatable bonds is 3. The second-order valence-corrected chi connectivity index (χ2v) is 2.83. The number of hydrogen-bond donors (Lipinski definition) is 0. The van der Waals surface area contributed by atoms with Crippen molar-refractivity contribution in [2.45, 2.75) is 6.42 Å². The number of hydrogen-bond acceptors (Lipinski definition) is 2. The van der Waals surface area contributed by atoms with Gasteiger partial charge in [0, 0.05) is 18.6 Å². The predicted octanol–water partition coefficient (Wildman–Crippen LogP) is 2.28. The molecule has 0 heterocycles. The van der Waals surface area contributed by atoms with Gasteiger partial charge in [-0.2, -0.15) is 0 Å². The first-order valence-corrected chi connectivity index (χ1v) is 4.31. The Labute approximate surface area is 90.0 Å². The van der Waals surface area contributed by atoms with Crippen molar-refractivity contribution in [1.29, 1.82) is 0 Å². The Hall–Kier alpha value is -1.96. The fourth-order valence-corrected chi connectivity index (χ4v) is 1.01. The lowest BCUT2D eigenvalue weighted by molar-refractivity contribution is 0.0502. The summed E-state index contributed by atoms with van der Waals surface area (Å²) in [6.45, 7) is -0.147. The van der Waals surface area contributed by atoms with Crippen LogP contribution in [0.4, 0.5) is 13.2 Å². The van der Waals surface area contributed by atoms with E-state index in [2.05, 4.69) is 10.7 Å². The second-order valence-electron chi connectivity index (χ2n) is 2.83. The average molecular weight is 228 g/mol. The highest BCUT2D eigenvalue weighted by molar-refractivity contribution is 5.90. The van der Waals surface area contributed by atoms with Gasteiger partial charge in [0.2, 0.25) is 0 Å². The lowest BCUT2D eigenvalue weighted by Crippen LogP contribution is -2.11. The van der Waals surface area contributed by atoms with Crippen molar-refractivity contribution >= 4 is 5.97 Å². The van der Waals surface area contributed by atoms with Crippen molar-refractivity contribution in [3.8, 4) is 12.3 Å². The maximum absolute atomic E-state index is 13.0. The summed E-state index contributed by atoms with van der Waals surface area (Å²) in [5.41, 5.74) is -0.918. The van der Waals surface area contributed by atoms with Crippen molar-refractivity contribution in [2.24, 2.45) is 0 Å². The first-order chi connectivity index (χ1) is 7.56. The zero-order chi connectivity index (χ0) is 12.1. The minimum atomic E-state index is -1.30. The van der Waals surface area contributed by atoms with Gasteiger partial charge in [-0.05, 0) is 0 Å². The Kier molecular flexibility index (Phi) is 3.95. The molecule has 2 nitrogen and oxygen atoms in total. The Morgan fingerprint density at radius 2 is 1.88 bits per heavy atom. The summed E-state index contributed by atoms with van der Waals surface area (Å²) in [6, 6.07) is 0.807. The van der Waals surface area contributed by atoms with Gasteiger partial charge in [-0.25, -0.2) is 18.0 Å². The van der Waals surface area contributed by atoms with E-state index in [4.69, 9.17) is 6.42 Å². The summed E-state index contributed by atoms with van der Waals surface area (Å²) in [4.78, 5) is 11.2. The van der Waals surface area contributed by atoms with Gasteiger partial charge < -0.3 is 4.74 Å². The molecule has 0 atom stereocenters. The summed E-state index contributed by atoms with van der Waals surface area (Å²) in [5, 5.41) is 0. The molecule has 0 N–H and O–H groups in total. The van der Waals surface area contributed by atoms with E-state index in [1.54, 1.807) is 0 Å². The van der Waals surface area contributed by atoms with E-state index in [0.717, 1.165) is 0 Å². The van der Waals surface area contributed by atoms with Crippen molar-refractivity contribution in [1.82, 2.24) is 0 Å². The lowest BCUT2D eigenvalue weighted by atomic mass is 10.2. The first kappa shape index (κ1) is 12.1. The summed E-state index contributed by atoms with van der Waals surface area (Å²) in [5.74, 6) is -2.72. The zero-order valence-electron chi connectivity index (χ0n) is 8.10. The Morgan fingerprint density at radius 3 is 2.38 bits per heavy atom. The van der Waals surface area contributed by atoms with E-state index in [1.807, 2.05) is 0 Å². The van der Waals surface area contributed by atoms with Gasteiger partial charge in [0.25, 0.3) is 0 Å². The molecule has 1 rings (SSSR count). The van der Waals surface area contributed by atoms with E-state index in [9.17, 15) is 18.0 Å². The smallest absolute Gasteiger partial charge is 0.344 e. The van der Waals surface area contributed by atoms with Gasteiger partial charge >= 0.3 is 5.97 Å². The molecule has 0 spiro atoms. The van der Waals surface area contributed by atoms with Crippen LogP contribution in [0.3, 0.4) is 0 Å². The number of terminal acetylenes is 1. The van der Waals surface area contributed by atoms with Gasteiger partial charge in [-0.1, -0.05) is 0 Å². The molecule has 5 heteroatoms. The summed E-state index contributed by atoms with van der Waals surface area (Å²) in [7, 11) is 0. The average Bonchev–Trinajstić information content (AvgIpc) is 2.16. The van der Waals surface area contributed by atoms with Crippen LogP contribution in [0.5, 0.6) is 0 Å². The molecule has 0 bridgehead atoms. The normalized spacial score (nSPS) is 9.62. The molecule has 1 aromatic rings. The van der Waals surface area contributed by atoms with E-state index < -0.39 is 29.0 Å². The van der Waals surface area contributed by atoms with Gasteiger partial charge in [-0.3, -0.25) is 0 Å². The molecular weight excluding hydrogens is 221 g/mol. The van der Waals surface area contributed by atoms with Crippen LogP contribution in [-0.4, -0.2) is 12.6 Å². The molecule has 0 saturated heterocycles. The number of esters is 1. The molecule has 16 heavy (non-hydrogen) atoms. The first-order valence-electron chi connectivity index (χ1n) is 4.31. The number of halogens is 3. The fraction of sp³-hybridized carbons (Fsp3) is 0.182. The molecule has 0 saturated carbocycles. The van der Waals surface area contributed by atoms with Gasteiger partial charge in [0.15, 0.2) is 0 Å². The van der Waals surface area contributed by atoms with Crippen molar-refractivity contribution in [3.05, 3.63) is 35.1 Å². The molecule has 0 radical (unpaired) electrons. The maximum Gasteiger partial charge on any atom is 0.344 e. The highest BCUT2D eigenvalue weighted by Gasteiger charge is 2.20. The van der Waals surface area contributed by atoms with Crippen LogP contribution in [0.15, 0.2) is 12.1 Å². The number of benzene rings is 1. The molecule has 0 fully saturated rings. The van der Waals surface area contributed by atoms with Gasteiger partial charge in [0.05, 0.1) is 0 Å². The molecule has 0 amide bonds. The van der Waals surface area contributed by atoms with Gasteiger partial charge in [0.1, 0.15) is 29.6 Å². The monoisotopic (exact) mass is 228 g/mol. The zero-order valence-corrected chi connectivity index (χ0v) is 8.10. The number of carbonyl (C=O) groups excluding carboxylic acids is 1. The molecule has 0 unspecified atom stereocenters. The topological polar surface area (TPSA) is 26.3 Å². The Balaban J connectivity index is 2.88. The van der Waals surface area contributed by atoms with E-state index in [0.29, 0.717) is 12.1 Å². The molecule has 1 aromatic carbocycles. The van der Waals surface area contributed by atoms with E-state index in [-0.39, 0.29) is 13.0 Å². The van der Waals surface area contributed by atoms with E-state index >= 15 is 0 Å². The third-order valence-corrected chi connectivity index (χ3v) is 1.69. The fourth-order valence-electron chi connectivity index (χ4n) is 1.01. The lowest BCUT2D eigenvalue weighted by Gasteiger charge is -2.05. The second kappa shape index (κ2) is 5.21. The highest BCUT2D eigenvalue weighted by Crippen LogP contribution is 2.15. The molecule has 84 valence electrons. The summed E-state index contributed by atoms with van der Waals surface area (Å²) < 4.78 is 43.1. The van der Waals surface area contributed by atoms with Gasteiger partial charge in [-0.15, -0.1) is 12.3 Å². The minimum Gasteiger partial charge on any atom is -0.461 e. The number of ether oxygens (including phenoxy) is 1.